The molecular weight excluding hydrogens is 276 g/mol. The number of fused-ring (bicyclic) bond motifs is 3. The molecule has 1 aliphatic carbocycles. The molecule has 3 rings (SSSR count). The zero-order valence-electron chi connectivity index (χ0n) is 10.9. The summed E-state index contributed by atoms with van der Waals surface area (Å²) in [4.78, 5) is 22.6. The second-order valence-corrected chi connectivity index (χ2v) is 6.96. The largest absolute Gasteiger partial charge is 0.299 e. The van der Waals surface area contributed by atoms with Crippen LogP contribution < -0.4 is 0 Å². The van der Waals surface area contributed by atoms with Crippen LogP contribution in [0.5, 0.6) is 0 Å². The van der Waals surface area contributed by atoms with Crippen molar-refractivity contribution in [2.45, 2.75) is 44.1 Å². The highest BCUT2D eigenvalue weighted by Gasteiger charge is 2.19. The minimum atomic E-state index is 0.193. The van der Waals surface area contributed by atoms with Gasteiger partial charge in [-0.05, 0) is 38.2 Å². The number of thiophene rings is 1. The number of carbonyl (C=O) groups excluding carboxylic acids is 1. The monoisotopic (exact) mass is 292 g/mol. The van der Waals surface area contributed by atoms with Crippen molar-refractivity contribution in [2.24, 2.45) is 0 Å². The van der Waals surface area contributed by atoms with Crippen molar-refractivity contribution in [3.05, 3.63) is 16.8 Å². The van der Waals surface area contributed by atoms with Crippen molar-refractivity contribution >= 4 is 39.1 Å². The van der Waals surface area contributed by atoms with E-state index in [-0.39, 0.29) is 5.78 Å². The Labute approximate surface area is 120 Å². The second kappa shape index (κ2) is 5.59. The number of hydrogen-bond donors (Lipinski definition) is 0. The molecule has 100 valence electrons. The van der Waals surface area contributed by atoms with Crippen molar-refractivity contribution in [3.8, 4) is 0 Å². The number of carbonyl (C=O) groups is 1. The van der Waals surface area contributed by atoms with Crippen LogP contribution in [-0.2, 0) is 17.6 Å². The molecule has 0 radical (unpaired) electrons. The molecule has 0 amide bonds. The van der Waals surface area contributed by atoms with Crippen LogP contribution in [0, 0.1) is 0 Å². The minimum Gasteiger partial charge on any atom is -0.299 e. The van der Waals surface area contributed by atoms with Crippen LogP contribution in [0.15, 0.2) is 11.4 Å². The highest BCUT2D eigenvalue weighted by atomic mass is 32.2. The van der Waals surface area contributed by atoms with Gasteiger partial charge in [-0.1, -0.05) is 18.2 Å². The predicted octanol–water partition coefficient (Wildman–Crippen LogP) is 3.64. The summed E-state index contributed by atoms with van der Waals surface area (Å²) in [6, 6.07) is 0. The van der Waals surface area contributed by atoms with Crippen LogP contribution in [-0.4, -0.2) is 21.5 Å². The predicted molar refractivity (Wildman–Crippen MR) is 80.1 cm³/mol. The summed E-state index contributed by atoms with van der Waals surface area (Å²) in [5.74, 6) is 0.689. The SMILES string of the molecule is CC(=O)CSc1ncnc2sc3c(c12)CCCCC3. The lowest BCUT2D eigenvalue weighted by molar-refractivity contribution is -0.114. The van der Waals surface area contributed by atoms with Gasteiger partial charge in [0.25, 0.3) is 0 Å². The first-order chi connectivity index (χ1) is 9.25. The van der Waals surface area contributed by atoms with Gasteiger partial charge in [0, 0.05) is 10.3 Å². The van der Waals surface area contributed by atoms with Gasteiger partial charge in [0.05, 0.1) is 5.75 Å². The van der Waals surface area contributed by atoms with Gasteiger partial charge >= 0.3 is 0 Å². The number of ketones is 1. The van der Waals surface area contributed by atoms with E-state index in [4.69, 9.17) is 0 Å². The fraction of sp³-hybridized carbons (Fsp3) is 0.500. The normalized spacial score (nSPS) is 15.2. The maximum Gasteiger partial charge on any atom is 0.140 e. The van der Waals surface area contributed by atoms with Gasteiger partial charge in [0.15, 0.2) is 0 Å². The standard InChI is InChI=1S/C14H16N2OS2/c1-9(17)7-18-13-12-10-5-3-2-4-6-11(10)19-14(12)16-8-15-13/h8H,2-7H2,1H3. The summed E-state index contributed by atoms with van der Waals surface area (Å²) in [6.45, 7) is 1.62. The smallest absolute Gasteiger partial charge is 0.140 e. The van der Waals surface area contributed by atoms with Gasteiger partial charge in [0.1, 0.15) is 22.0 Å². The number of thioether (sulfide) groups is 1. The Morgan fingerprint density at radius 2 is 2.16 bits per heavy atom. The molecule has 19 heavy (non-hydrogen) atoms. The van der Waals surface area contributed by atoms with Gasteiger partial charge in [0.2, 0.25) is 0 Å². The van der Waals surface area contributed by atoms with Crippen LogP contribution in [0.2, 0.25) is 0 Å². The third-order valence-electron chi connectivity index (χ3n) is 3.38. The Morgan fingerprint density at radius 1 is 1.32 bits per heavy atom. The molecule has 0 atom stereocenters. The molecule has 0 fully saturated rings. The number of aryl methyl sites for hydroxylation is 2. The summed E-state index contributed by atoms with van der Waals surface area (Å²) in [5.41, 5.74) is 1.45. The fourth-order valence-corrected chi connectivity index (χ4v) is 4.64. The summed E-state index contributed by atoms with van der Waals surface area (Å²) in [7, 11) is 0. The lowest BCUT2D eigenvalue weighted by Crippen LogP contribution is -1.95. The van der Waals surface area contributed by atoms with E-state index in [0.29, 0.717) is 5.75 Å². The Hall–Kier alpha value is -0.940. The molecule has 2 aromatic heterocycles. The topological polar surface area (TPSA) is 42.9 Å². The summed E-state index contributed by atoms with van der Waals surface area (Å²) < 4.78 is 0. The van der Waals surface area contributed by atoms with E-state index in [0.717, 1.165) is 16.3 Å². The Morgan fingerprint density at radius 3 is 3.00 bits per heavy atom. The Bertz CT molecular complexity index is 621. The molecule has 5 heteroatoms. The van der Waals surface area contributed by atoms with Gasteiger partial charge in [-0.2, -0.15) is 0 Å². The summed E-state index contributed by atoms with van der Waals surface area (Å²) in [6.07, 6.45) is 7.78. The lowest BCUT2D eigenvalue weighted by atomic mass is 10.1. The fourth-order valence-electron chi connectivity index (χ4n) is 2.52. The van der Waals surface area contributed by atoms with Crippen molar-refractivity contribution in [2.75, 3.05) is 5.75 Å². The molecule has 2 heterocycles. The molecule has 2 aromatic rings. The molecule has 0 saturated carbocycles. The number of Topliss-reactive ketones (excluding diaryl/α,β-unsaturated/α-hetero) is 1. The average Bonchev–Trinajstić information content (AvgIpc) is 2.59. The van der Waals surface area contributed by atoms with Crippen molar-refractivity contribution in [3.63, 3.8) is 0 Å². The lowest BCUT2D eigenvalue weighted by Gasteiger charge is -2.03. The summed E-state index contributed by atoms with van der Waals surface area (Å²) >= 11 is 3.36. The highest BCUT2D eigenvalue weighted by Crippen LogP contribution is 2.38. The van der Waals surface area contributed by atoms with Gasteiger partial charge < -0.3 is 0 Å². The molecule has 0 spiro atoms. The molecule has 0 unspecified atom stereocenters. The van der Waals surface area contributed by atoms with Crippen molar-refractivity contribution in [1.82, 2.24) is 9.97 Å². The highest BCUT2D eigenvalue weighted by molar-refractivity contribution is 8.00. The van der Waals surface area contributed by atoms with Gasteiger partial charge in [-0.25, -0.2) is 9.97 Å². The maximum absolute atomic E-state index is 11.2. The van der Waals surface area contributed by atoms with Crippen LogP contribution >= 0.6 is 23.1 Å². The number of rotatable bonds is 3. The van der Waals surface area contributed by atoms with Crippen molar-refractivity contribution < 1.29 is 4.79 Å². The summed E-state index contributed by atoms with van der Waals surface area (Å²) in [5, 5.41) is 2.20. The van der Waals surface area contributed by atoms with E-state index in [9.17, 15) is 4.79 Å². The zero-order chi connectivity index (χ0) is 13.2. The Kier molecular flexibility index (Phi) is 3.84. The van der Waals surface area contributed by atoms with E-state index in [2.05, 4.69) is 9.97 Å². The first-order valence-electron chi connectivity index (χ1n) is 6.63. The third kappa shape index (κ3) is 2.67. The molecule has 1 aliphatic rings. The van der Waals surface area contributed by atoms with Crippen LogP contribution in [0.4, 0.5) is 0 Å². The van der Waals surface area contributed by atoms with Crippen molar-refractivity contribution in [1.29, 1.82) is 0 Å². The van der Waals surface area contributed by atoms with Gasteiger partial charge in [-0.3, -0.25) is 4.79 Å². The first kappa shape index (κ1) is 13.1. The molecule has 0 aromatic carbocycles. The second-order valence-electron chi connectivity index (χ2n) is 4.91. The number of hydrogen-bond acceptors (Lipinski definition) is 5. The molecule has 0 N–H and O–H groups in total. The van der Waals surface area contributed by atoms with Crippen LogP contribution in [0.25, 0.3) is 10.2 Å². The van der Waals surface area contributed by atoms with Crippen LogP contribution in [0.3, 0.4) is 0 Å². The third-order valence-corrected chi connectivity index (χ3v) is 5.71. The number of nitrogens with zero attached hydrogens (tertiary/aromatic N) is 2. The van der Waals surface area contributed by atoms with E-state index in [1.807, 2.05) is 11.3 Å². The molecule has 3 nitrogen and oxygen atoms in total. The maximum atomic E-state index is 11.2. The minimum absolute atomic E-state index is 0.193. The Balaban J connectivity index is 2.06. The molecule has 0 aliphatic heterocycles. The van der Waals surface area contributed by atoms with Crippen LogP contribution in [0.1, 0.15) is 36.6 Å². The van der Waals surface area contributed by atoms with Gasteiger partial charge in [-0.15, -0.1) is 11.3 Å². The van der Waals surface area contributed by atoms with E-state index < -0.39 is 0 Å². The number of aromatic nitrogens is 2. The zero-order valence-corrected chi connectivity index (χ0v) is 12.6. The molecule has 0 bridgehead atoms. The first-order valence-corrected chi connectivity index (χ1v) is 8.43. The molecular formula is C14H16N2OS2. The average molecular weight is 292 g/mol. The quantitative estimate of drug-likeness (QED) is 0.492. The van der Waals surface area contributed by atoms with E-state index >= 15 is 0 Å². The van der Waals surface area contributed by atoms with E-state index in [1.54, 1.807) is 25.0 Å². The molecule has 0 saturated heterocycles. The van der Waals surface area contributed by atoms with E-state index in [1.165, 1.54) is 41.5 Å².